The Morgan fingerprint density at radius 3 is 2.61 bits per heavy atom. The van der Waals surface area contributed by atoms with Gasteiger partial charge in [0.15, 0.2) is 0 Å². The highest BCUT2D eigenvalue weighted by atomic mass is 16.5. The highest BCUT2D eigenvalue weighted by molar-refractivity contribution is 5.70. The summed E-state index contributed by atoms with van der Waals surface area (Å²) in [6.07, 6.45) is 7.28. The Labute approximate surface area is 137 Å². The number of piperidine rings is 1. The van der Waals surface area contributed by atoms with Gasteiger partial charge in [-0.25, -0.2) is 0 Å². The average molecular weight is 307 g/mol. The van der Waals surface area contributed by atoms with Crippen LogP contribution in [-0.4, -0.2) is 36.1 Å². The summed E-state index contributed by atoms with van der Waals surface area (Å²) in [5.74, 6) is 0.873. The minimum absolute atomic E-state index is 0.589. The van der Waals surface area contributed by atoms with E-state index in [1.165, 1.54) is 32.4 Å². The maximum Gasteiger partial charge on any atom is 0.119 e. The first-order valence-electron chi connectivity index (χ1n) is 8.16. The molecule has 0 amide bonds. The van der Waals surface area contributed by atoms with Gasteiger partial charge in [-0.05, 0) is 49.7 Å². The second-order valence-corrected chi connectivity index (χ2v) is 5.81. The first-order valence-corrected chi connectivity index (χ1v) is 8.16. The zero-order chi connectivity index (χ0) is 15.9. The predicted octanol–water partition coefficient (Wildman–Crippen LogP) is 3.48. The number of benzene rings is 1. The van der Waals surface area contributed by atoms with E-state index < -0.39 is 0 Å². The number of rotatable bonds is 5. The predicted molar refractivity (Wildman–Crippen MR) is 90.2 cm³/mol. The molecule has 0 saturated carbocycles. The highest BCUT2D eigenvalue weighted by Gasteiger charge is 2.09. The standard InChI is InChI=1S/C19H21N3O/c20-14-17-15-21-9-8-19(17)16-4-6-18(7-5-16)23-13-12-22-10-2-1-3-11-22/h4-9,15H,1-3,10-13H2. The second-order valence-electron chi connectivity index (χ2n) is 5.81. The van der Waals surface area contributed by atoms with E-state index in [9.17, 15) is 0 Å². The van der Waals surface area contributed by atoms with E-state index in [0.717, 1.165) is 30.0 Å². The van der Waals surface area contributed by atoms with Crippen LogP contribution in [0.2, 0.25) is 0 Å². The molecule has 1 fully saturated rings. The molecule has 2 heterocycles. The lowest BCUT2D eigenvalue weighted by atomic mass is 10.0. The van der Waals surface area contributed by atoms with Gasteiger partial charge in [0.1, 0.15) is 18.4 Å². The number of likely N-dealkylation sites (tertiary alicyclic amines) is 1. The van der Waals surface area contributed by atoms with E-state index in [1.54, 1.807) is 12.4 Å². The van der Waals surface area contributed by atoms with Crippen LogP contribution < -0.4 is 4.74 Å². The molecule has 0 radical (unpaired) electrons. The molecule has 0 N–H and O–H groups in total. The number of nitriles is 1. The number of aromatic nitrogens is 1. The molecule has 0 spiro atoms. The highest BCUT2D eigenvalue weighted by Crippen LogP contribution is 2.24. The Morgan fingerprint density at radius 1 is 1.09 bits per heavy atom. The molecule has 23 heavy (non-hydrogen) atoms. The summed E-state index contributed by atoms with van der Waals surface area (Å²) in [4.78, 5) is 6.46. The minimum Gasteiger partial charge on any atom is -0.492 e. The number of ether oxygens (including phenoxy) is 1. The SMILES string of the molecule is N#Cc1cnccc1-c1ccc(OCCN2CCCCC2)cc1. The molecule has 4 nitrogen and oxygen atoms in total. The Kier molecular flexibility index (Phi) is 5.23. The number of nitrogens with zero attached hydrogens (tertiary/aromatic N) is 3. The number of hydrogen-bond acceptors (Lipinski definition) is 4. The van der Waals surface area contributed by atoms with Crippen LogP contribution >= 0.6 is 0 Å². The summed E-state index contributed by atoms with van der Waals surface area (Å²) in [5.41, 5.74) is 2.50. The van der Waals surface area contributed by atoms with Gasteiger partial charge in [-0.2, -0.15) is 5.26 Å². The molecular weight excluding hydrogens is 286 g/mol. The molecule has 4 heteroatoms. The average Bonchev–Trinajstić information content (AvgIpc) is 2.63. The fourth-order valence-electron chi connectivity index (χ4n) is 2.94. The van der Waals surface area contributed by atoms with Gasteiger partial charge >= 0.3 is 0 Å². The first-order chi connectivity index (χ1) is 11.4. The lowest BCUT2D eigenvalue weighted by molar-refractivity contribution is 0.183. The van der Waals surface area contributed by atoms with Crippen molar-refractivity contribution >= 4 is 0 Å². The molecule has 1 aliphatic rings. The number of hydrogen-bond donors (Lipinski definition) is 0. The molecular formula is C19H21N3O. The third-order valence-electron chi connectivity index (χ3n) is 4.23. The molecule has 0 atom stereocenters. The van der Waals surface area contributed by atoms with E-state index in [1.807, 2.05) is 30.3 Å². The normalized spacial score (nSPS) is 15.1. The molecule has 118 valence electrons. The molecule has 1 saturated heterocycles. The zero-order valence-electron chi connectivity index (χ0n) is 13.2. The van der Waals surface area contributed by atoms with Crippen molar-refractivity contribution in [2.75, 3.05) is 26.2 Å². The third kappa shape index (κ3) is 4.08. The zero-order valence-corrected chi connectivity index (χ0v) is 13.2. The maximum absolute atomic E-state index is 9.15. The fraction of sp³-hybridized carbons (Fsp3) is 0.368. The molecule has 1 aromatic heterocycles. The van der Waals surface area contributed by atoms with Crippen molar-refractivity contribution < 1.29 is 4.74 Å². The first kappa shape index (κ1) is 15.5. The molecule has 0 aliphatic carbocycles. The van der Waals surface area contributed by atoms with E-state index >= 15 is 0 Å². The summed E-state index contributed by atoms with van der Waals surface area (Å²) in [5, 5.41) is 9.15. The van der Waals surface area contributed by atoms with Crippen LogP contribution in [0.3, 0.4) is 0 Å². The van der Waals surface area contributed by atoms with Gasteiger partial charge in [0, 0.05) is 24.5 Å². The van der Waals surface area contributed by atoms with Gasteiger partial charge in [-0.1, -0.05) is 18.6 Å². The van der Waals surface area contributed by atoms with Gasteiger partial charge in [0.25, 0.3) is 0 Å². The molecule has 0 unspecified atom stereocenters. The van der Waals surface area contributed by atoms with E-state index in [2.05, 4.69) is 16.0 Å². The van der Waals surface area contributed by atoms with E-state index in [-0.39, 0.29) is 0 Å². The molecule has 1 aromatic carbocycles. The summed E-state index contributed by atoms with van der Waals surface area (Å²) in [7, 11) is 0. The summed E-state index contributed by atoms with van der Waals surface area (Å²) >= 11 is 0. The van der Waals surface area contributed by atoms with Gasteiger partial charge in [0.05, 0.1) is 5.56 Å². The van der Waals surface area contributed by atoms with Crippen molar-refractivity contribution in [1.82, 2.24) is 9.88 Å². The van der Waals surface area contributed by atoms with Crippen LogP contribution in [0.25, 0.3) is 11.1 Å². The van der Waals surface area contributed by atoms with Crippen LogP contribution in [-0.2, 0) is 0 Å². The maximum atomic E-state index is 9.15. The van der Waals surface area contributed by atoms with Gasteiger partial charge in [-0.3, -0.25) is 9.88 Å². The van der Waals surface area contributed by atoms with Gasteiger partial charge in [0.2, 0.25) is 0 Å². The third-order valence-corrected chi connectivity index (χ3v) is 4.23. The Balaban J connectivity index is 1.58. The van der Waals surface area contributed by atoms with E-state index in [0.29, 0.717) is 5.56 Å². The second kappa shape index (κ2) is 7.75. The van der Waals surface area contributed by atoms with E-state index in [4.69, 9.17) is 10.00 Å². The lowest BCUT2D eigenvalue weighted by Crippen LogP contribution is -2.33. The molecule has 2 aromatic rings. The summed E-state index contributed by atoms with van der Waals surface area (Å²) in [6, 6.07) is 12.0. The van der Waals surface area contributed by atoms with Crippen LogP contribution in [0.5, 0.6) is 5.75 Å². The van der Waals surface area contributed by atoms with Crippen LogP contribution in [0.15, 0.2) is 42.7 Å². The van der Waals surface area contributed by atoms with Crippen LogP contribution in [0.1, 0.15) is 24.8 Å². The lowest BCUT2D eigenvalue weighted by Gasteiger charge is -2.26. The smallest absolute Gasteiger partial charge is 0.119 e. The van der Waals surface area contributed by atoms with Crippen molar-refractivity contribution in [1.29, 1.82) is 5.26 Å². The van der Waals surface area contributed by atoms with Crippen molar-refractivity contribution in [3.63, 3.8) is 0 Å². The largest absolute Gasteiger partial charge is 0.492 e. The van der Waals surface area contributed by atoms with Gasteiger partial charge in [-0.15, -0.1) is 0 Å². The minimum atomic E-state index is 0.589. The molecule has 1 aliphatic heterocycles. The van der Waals surface area contributed by atoms with Crippen molar-refractivity contribution in [2.24, 2.45) is 0 Å². The van der Waals surface area contributed by atoms with Crippen molar-refractivity contribution in [3.8, 4) is 22.9 Å². The summed E-state index contributed by atoms with van der Waals surface area (Å²) in [6.45, 7) is 4.10. The topological polar surface area (TPSA) is 49.1 Å². The Hall–Kier alpha value is -2.38. The molecule has 3 rings (SSSR count). The quantitative estimate of drug-likeness (QED) is 0.848. The Morgan fingerprint density at radius 2 is 1.87 bits per heavy atom. The van der Waals surface area contributed by atoms with Gasteiger partial charge < -0.3 is 4.74 Å². The Bertz CT molecular complexity index is 670. The van der Waals surface area contributed by atoms with Crippen LogP contribution in [0, 0.1) is 11.3 Å². The fourth-order valence-corrected chi connectivity index (χ4v) is 2.94. The number of pyridine rings is 1. The van der Waals surface area contributed by atoms with Crippen molar-refractivity contribution in [3.05, 3.63) is 48.3 Å². The monoisotopic (exact) mass is 307 g/mol. The van der Waals surface area contributed by atoms with Crippen molar-refractivity contribution in [2.45, 2.75) is 19.3 Å². The van der Waals surface area contributed by atoms with Crippen LogP contribution in [0.4, 0.5) is 0 Å². The summed E-state index contributed by atoms with van der Waals surface area (Å²) < 4.78 is 5.84. The molecule has 0 bridgehead atoms.